The van der Waals surface area contributed by atoms with E-state index in [4.69, 9.17) is 11.6 Å². The summed E-state index contributed by atoms with van der Waals surface area (Å²) in [7, 11) is 0. The van der Waals surface area contributed by atoms with Gasteiger partial charge in [0.05, 0.1) is 10.6 Å². The van der Waals surface area contributed by atoms with Gasteiger partial charge in [-0.05, 0) is 58.7 Å². The number of carbonyl (C=O) groups excluding carboxylic acids is 1. The van der Waals surface area contributed by atoms with Crippen LogP contribution in [0.1, 0.15) is 21.5 Å². The maximum Gasteiger partial charge on any atom is 0.196 e. The first kappa shape index (κ1) is 14.2. The minimum absolute atomic E-state index is 0.159. The molecule has 0 aromatic heterocycles. The lowest BCUT2D eigenvalue weighted by Gasteiger charge is -2.06. The summed E-state index contributed by atoms with van der Waals surface area (Å²) < 4.78 is 27.7. The lowest BCUT2D eigenvalue weighted by Crippen LogP contribution is -2.06. The Morgan fingerprint density at radius 3 is 2.47 bits per heavy atom. The van der Waals surface area contributed by atoms with Crippen molar-refractivity contribution in [1.29, 1.82) is 0 Å². The highest BCUT2D eigenvalue weighted by Crippen LogP contribution is 2.25. The number of carbonyl (C=O) groups is 1. The average Bonchev–Trinajstić information content (AvgIpc) is 2.36. The maximum absolute atomic E-state index is 13.7. The molecule has 0 amide bonds. The van der Waals surface area contributed by atoms with Gasteiger partial charge in [0, 0.05) is 10.0 Å². The largest absolute Gasteiger partial charge is 0.288 e. The van der Waals surface area contributed by atoms with Crippen LogP contribution in [0.4, 0.5) is 8.78 Å². The van der Waals surface area contributed by atoms with Gasteiger partial charge in [0.25, 0.3) is 0 Å². The van der Waals surface area contributed by atoms with Crippen LogP contribution in [0.2, 0.25) is 5.02 Å². The Balaban J connectivity index is 2.49. The molecule has 0 bridgehead atoms. The fraction of sp³-hybridized carbons (Fsp3) is 0.0714. The summed E-state index contributed by atoms with van der Waals surface area (Å²) in [4.78, 5) is 12.1. The van der Waals surface area contributed by atoms with Crippen molar-refractivity contribution in [3.8, 4) is 0 Å². The Bertz CT molecular complexity index is 671. The van der Waals surface area contributed by atoms with Crippen LogP contribution in [-0.2, 0) is 0 Å². The quantitative estimate of drug-likeness (QED) is 0.706. The smallest absolute Gasteiger partial charge is 0.196 e. The van der Waals surface area contributed by atoms with Gasteiger partial charge in [-0.15, -0.1) is 0 Å². The van der Waals surface area contributed by atoms with Crippen molar-refractivity contribution in [2.45, 2.75) is 6.92 Å². The van der Waals surface area contributed by atoms with E-state index < -0.39 is 17.4 Å². The maximum atomic E-state index is 13.7. The summed E-state index contributed by atoms with van der Waals surface area (Å²) in [5.74, 6) is -1.94. The first-order valence-electron chi connectivity index (χ1n) is 5.35. The minimum Gasteiger partial charge on any atom is -0.288 e. The van der Waals surface area contributed by atoms with Crippen LogP contribution in [0.15, 0.2) is 34.8 Å². The second-order valence-corrected chi connectivity index (χ2v) is 5.30. The fourth-order valence-corrected chi connectivity index (χ4v) is 2.11. The van der Waals surface area contributed by atoms with Crippen LogP contribution < -0.4 is 0 Å². The van der Waals surface area contributed by atoms with Crippen molar-refractivity contribution < 1.29 is 13.6 Å². The molecule has 1 nitrogen and oxygen atoms in total. The molecule has 0 unspecified atom stereocenters. The molecular weight excluding hydrogens is 338 g/mol. The first-order valence-corrected chi connectivity index (χ1v) is 6.52. The van der Waals surface area contributed by atoms with Gasteiger partial charge in [-0.2, -0.15) is 0 Å². The van der Waals surface area contributed by atoms with Gasteiger partial charge < -0.3 is 0 Å². The second kappa shape index (κ2) is 5.39. The molecule has 0 fully saturated rings. The molecule has 0 aliphatic carbocycles. The number of halogens is 4. The summed E-state index contributed by atoms with van der Waals surface area (Å²) >= 11 is 9.00. The first-order chi connectivity index (χ1) is 8.90. The van der Waals surface area contributed by atoms with Crippen LogP contribution in [-0.4, -0.2) is 5.78 Å². The number of benzene rings is 2. The second-order valence-electron chi connectivity index (χ2n) is 4.04. The van der Waals surface area contributed by atoms with E-state index in [0.717, 1.165) is 12.1 Å². The fourth-order valence-electron chi connectivity index (χ4n) is 1.61. The number of aryl methyl sites for hydroxylation is 1. The number of ketones is 1. The molecule has 2 aromatic carbocycles. The van der Waals surface area contributed by atoms with Crippen molar-refractivity contribution in [2.75, 3.05) is 0 Å². The summed E-state index contributed by atoms with van der Waals surface area (Å²) in [6.07, 6.45) is 0. The molecule has 0 saturated heterocycles. The Kier molecular flexibility index (Phi) is 4.02. The monoisotopic (exact) mass is 344 g/mol. The summed E-state index contributed by atoms with van der Waals surface area (Å²) in [6, 6.07) is 6.37. The van der Waals surface area contributed by atoms with Crippen LogP contribution in [0.3, 0.4) is 0 Å². The highest BCUT2D eigenvalue weighted by atomic mass is 79.9. The van der Waals surface area contributed by atoms with Crippen LogP contribution in [0.5, 0.6) is 0 Å². The number of hydrogen-bond donors (Lipinski definition) is 0. The standard InChI is InChI=1S/C14H8BrClF2O/c1-7-4-13(18)9(6-12(7)17)14(19)8-2-3-11(16)10(15)5-8/h2-6H,1H3. The van der Waals surface area contributed by atoms with Crippen LogP contribution in [0, 0.1) is 18.6 Å². The molecule has 19 heavy (non-hydrogen) atoms. The van der Waals surface area contributed by atoms with E-state index in [9.17, 15) is 13.6 Å². The predicted molar refractivity (Wildman–Crippen MR) is 73.7 cm³/mol. The predicted octanol–water partition coefficient (Wildman–Crippen LogP) is 4.92. The van der Waals surface area contributed by atoms with E-state index >= 15 is 0 Å². The zero-order valence-electron chi connectivity index (χ0n) is 9.81. The SMILES string of the molecule is Cc1cc(F)c(C(=O)c2ccc(Cl)c(Br)c2)cc1F. The molecule has 2 rings (SSSR count). The van der Waals surface area contributed by atoms with Crippen molar-refractivity contribution in [2.24, 2.45) is 0 Å². The highest BCUT2D eigenvalue weighted by Gasteiger charge is 2.17. The number of rotatable bonds is 2. The molecule has 0 spiro atoms. The van der Waals surface area contributed by atoms with Crippen molar-refractivity contribution in [1.82, 2.24) is 0 Å². The van der Waals surface area contributed by atoms with Gasteiger partial charge in [-0.1, -0.05) is 11.6 Å². The van der Waals surface area contributed by atoms with E-state index in [1.54, 1.807) is 0 Å². The van der Waals surface area contributed by atoms with Gasteiger partial charge in [0.1, 0.15) is 11.6 Å². The molecule has 0 saturated carbocycles. The van der Waals surface area contributed by atoms with E-state index in [2.05, 4.69) is 15.9 Å². The van der Waals surface area contributed by atoms with E-state index in [1.807, 2.05) is 0 Å². The molecule has 0 aliphatic heterocycles. The third kappa shape index (κ3) is 2.85. The summed E-state index contributed by atoms with van der Waals surface area (Å²) in [6.45, 7) is 1.44. The van der Waals surface area contributed by atoms with E-state index in [0.29, 0.717) is 9.50 Å². The molecule has 0 N–H and O–H groups in total. The van der Waals surface area contributed by atoms with E-state index in [1.165, 1.54) is 25.1 Å². The zero-order chi connectivity index (χ0) is 14.2. The number of hydrogen-bond acceptors (Lipinski definition) is 1. The van der Waals surface area contributed by atoms with Gasteiger partial charge in [0.2, 0.25) is 0 Å². The van der Waals surface area contributed by atoms with Crippen molar-refractivity contribution in [3.05, 3.63) is 68.2 Å². The third-order valence-corrected chi connectivity index (χ3v) is 3.89. The molecule has 98 valence electrons. The summed E-state index contributed by atoms with van der Waals surface area (Å²) in [5, 5.41) is 0.437. The van der Waals surface area contributed by atoms with Gasteiger partial charge in [-0.25, -0.2) is 8.78 Å². The van der Waals surface area contributed by atoms with Gasteiger partial charge in [0.15, 0.2) is 5.78 Å². The topological polar surface area (TPSA) is 17.1 Å². The molecule has 0 heterocycles. The van der Waals surface area contributed by atoms with Crippen molar-refractivity contribution >= 4 is 33.3 Å². The lowest BCUT2D eigenvalue weighted by molar-refractivity contribution is 0.103. The molecule has 0 aliphatic rings. The van der Waals surface area contributed by atoms with Crippen LogP contribution in [0.25, 0.3) is 0 Å². The Morgan fingerprint density at radius 1 is 1.16 bits per heavy atom. The zero-order valence-corrected chi connectivity index (χ0v) is 12.1. The Morgan fingerprint density at radius 2 is 1.84 bits per heavy atom. The molecular formula is C14H8BrClF2O. The lowest BCUT2D eigenvalue weighted by atomic mass is 10.0. The molecule has 0 radical (unpaired) electrons. The third-order valence-electron chi connectivity index (χ3n) is 2.67. The molecule has 0 atom stereocenters. The van der Waals surface area contributed by atoms with E-state index in [-0.39, 0.29) is 16.7 Å². The molecule has 5 heteroatoms. The Labute approximate surface area is 122 Å². The minimum atomic E-state index is -0.741. The van der Waals surface area contributed by atoms with Gasteiger partial charge >= 0.3 is 0 Å². The Hall–Kier alpha value is -1.26. The normalized spacial score (nSPS) is 10.6. The van der Waals surface area contributed by atoms with Gasteiger partial charge in [-0.3, -0.25) is 4.79 Å². The average molecular weight is 346 g/mol. The van der Waals surface area contributed by atoms with Crippen LogP contribution >= 0.6 is 27.5 Å². The molecule has 2 aromatic rings. The highest BCUT2D eigenvalue weighted by molar-refractivity contribution is 9.10. The van der Waals surface area contributed by atoms with Crippen molar-refractivity contribution in [3.63, 3.8) is 0 Å². The summed E-state index contributed by atoms with van der Waals surface area (Å²) in [5.41, 5.74) is 0.0992.